The fourth-order valence-corrected chi connectivity index (χ4v) is 2.15. The zero-order chi connectivity index (χ0) is 12.6. The molecule has 0 fully saturated rings. The third-order valence-electron chi connectivity index (χ3n) is 2.72. The first-order chi connectivity index (χ1) is 7.45. The van der Waals surface area contributed by atoms with Crippen molar-refractivity contribution in [2.75, 3.05) is 19.6 Å². The average molecular weight is 228 g/mol. The van der Waals surface area contributed by atoms with Gasteiger partial charge in [0, 0.05) is 19.1 Å². The zero-order valence-electron chi connectivity index (χ0n) is 12.0. The van der Waals surface area contributed by atoms with Gasteiger partial charge in [0.2, 0.25) is 0 Å². The van der Waals surface area contributed by atoms with Gasteiger partial charge in [-0.2, -0.15) is 0 Å². The van der Waals surface area contributed by atoms with Gasteiger partial charge < -0.3 is 10.6 Å². The van der Waals surface area contributed by atoms with Crippen molar-refractivity contribution in [3.05, 3.63) is 0 Å². The van der Waals surface area contributed by atoms with Crippen LogP contribution in [0.25, 0.3) is 0 Å². The maximum absolute atomic E-state index is 6.07. The van der Waals surface area contributed by atoms with E-state index in [1.807, 2.05) is 0 Å². The molecule has 0 bridgehead atoms. The molecule has 2 N–H and O–H groups in total. The van der Waals surface area contributed by atoms with Gasteiger partial charge in [0.15, 0.2) is 0 Å². The highest BCUT2D eigenvalue weighted by Crippen LogP contribution is 2.07. The van der Waals surface area contributed by atoms with E-state index in [9.17, 15) is 0 Å². The summed E-state index contributed by atoms with van der Waals surface area (Å²) in [6.45, 7) is 14.9. The third-order valence-corrected chi connectivity index (χ3v) is 2.72. The van der Waals surface area contributed by atoms with Crippen LogP contribution in [-0.2, 0) is 0 Å². The molecule has 98 valence electrons. The van der Waals surface area contributed by atoms with Crippen molar-refractivity contribution in [3.8, 4) is 0 Å². The van der Waals surface area contributed by atoms with Crippen molar-refractivity contribution in [1.29, 1.82) is 0 Å². The minimum atomic E-state index is 0.395. The van der Waals surface area contributed by atoms with E-state index >= 15 is 0 Å². The van der Waals surface area contributed by atoms with E-state index in [2.05, 4.69) is 39.5 Å². The molecular formula is C14H32N2. The van der Waals surface area contributed by atoms with E-state index in [1.165, 1.54) is 19.5 Å². The van der Waals surface area contributed by atoms with Gasteiger partial charge in [-0.3, -0.25) is 0 Å². The second kappa shape index (κ2) is 9.00. The van der Waals surface area contributed by atoms with Gasteiger partial charge in [0.05, 0.1) is 0 Å². The van der Waals surface area contributed by atoms with Gasteiger partial charge >= 0.3 is 0 Å². The molecule has 1 unspecified atom stereocenters. The molecule has 2 heteroatoms. The molecule has 0 saturated carbocycles. The second-order valence-corrected chi connectivity index (χ2v) is 5.88. The van der Waals surface area contributed by atoms with Crippen LogP contribution in [0.1, 0.15) is 53.9 Å². The average Bonchev–Trinajstić information content (AvgIpc) is 2.13. The summed E-state index contributed by atoms with van der Waals surface area (Å²) in [5, 5.41) is 0. The lowest BCUT2D eigenvalue weighted by molar-refractivity contribution is 0.211. The molecule has 1 atom stereocenters. The molecule has 0 amide bonds. The van der Waals surface area contributed by atoms with Crippen LogP contribution >= 0.6 is 0 Å². The Bertz CT molecular complexity index is 145. The Morgan fingerprint density at radius 3 is 1.81 bits per heavy atom. The Balaban J connectivity index is 3.90. The Labute approximate surface area is 103 Å². The third kappa shape index (κ3) is 9.17. The van der Waals surface area contributed by atoms with Crippen LogP contribution in [0, 0.1) is 11.8 Å². The van der Waals surface area contributed by atoms with Crippen LogP contribution in [0.5, 0.6) is 0 Å². The summed E-state index contributed by atoms with van der Waals surface area (Å²) in [5.74, 6) is 1.50. The lowest BCUT2D eigenvalue weighted by Gasteiger charge is -2.27. The molecule has 0 aromatic rings. The second-order valence-electron chi connectivity index (χ2n) is 5.88. The molecule has 0 rings (SSSR count). The van der Waals surface area contributed by atoms with Crippen LogP contribution in [0.15, 0.2) is 0 Å². The summed E-state index contributed by atoms with van der Waals surface area (Å²) in [4.78, 5) is 2.57. The smallest absolute Gasteiger partial charge is 0.00509 e. The molecule has 0 aromatic heterocycles. The van der Waals surface area contributed by atoms with Crippen molar-refractivity contribution in [3.63, 3.8) is 0 Å². The first-order valence-corrected chi connectivity index (χ1v) is 6.93. The van der Waals surface area contributed by atoms with Gasteiger partial charge in [-0.25, -0.2) is 0 Å². The van der Waals surface area contributed by atoms with E-state index in [0.717, 1.165) is 31.2 Å². The molecule has 16 heavy (non-hydrogen) atoms. The first kappa shape index (κ1) is 15.9. The lowest BCUT2D eigenvalue weighted by atomic mass is 10.1. The number of hydrogen-bond acceptors (Lipinski definition) is 2. The van der Waals surface area contributed by atoms with Crippen molar-refractivity contribution < 1.29 is 0 Å². The predicted octanol–water partition coefficient (Wildman–Crippen LogP) is 3.12. The van der Waals surface area contributed by atoms with E-state index in [4.69, 9.17) is 5.73 Å². The molecule has 2 nitrogen and oxygen atoms in total. The standard InChI is InChI=1S/C14H32N2/c1-6-7-14(15)8-9-16(10-12(2)3)11-13(4)5/h12-14H,6-11,15H2,1-5H3. The summed E-state index contributed by atoms with van der Waals surface area (Å²) < 4.78 is 0. The van der Waals surface area contributed by atoms with Gasteiger partial charge in [0.1, 0.15) is 0 Å². The minimum Gasteiger partial charge on any atom is -0.328 e. The molecule has 0 aliphatic heterocycles. The van der Waals surface area contributed by atoms with E-state index < -0.39 is 0 Å². The molecule has 0 aliphatic rings. The molecular weight excluding hydrogens is 196 g/mol. The zero-order valence-corrected chi connectivity index (χ0v) is 12.0. The lowest BCUT2D eigenvalue weighted by Crippen LogP contribution is -2.35. The largest absolute Gasteiger partial charge is 0.328 e. The first-order valence-electron chi connectivity index (χ1n) is 6.93. The van der Waals surface area contributed by atoms with Crippen molar-refractivity contribution >= 4 is 0 Å². The number of nitrogens with two attached hydrogens (primary N) is 1. The highest BCUT2D eigenvalue weighted by Gasteiger charge is 2.11. The van der Waals surface area contributed by atoms with Crippen molar-refractivity contribution in [2.24, 2.45) is 17.6 Å². The Morgan fingerprint density at radius 1 is 0.938 bits per heavy atom. The Hall–Kier alpha value is -0.0800. The van der Waals surface area contributed by atoms with Crippen LogP contribution < -0.4 is 5.73 Å². The van der Waals surface area contributed by atoms with Gasteiger partial charge in [-0.05, 0) is 31.2 Å². The molecule has 0 radical (unpaired) electrons. The number of nitrogens with zero attached hydrogens (tertiary/aromatic N) is 1. The molecule has 0 saturated heterocycles. The monoisotopic (exact) mass is 228 g/mol. The van der Waals surface area contributed by atoms with Crippen molar-refractivity contribution in [1.82, 2.24) is 4.90 Å². The summed E-state index contributed by atoms with van der Waals surface area (Å²) >= 11 is 0. The SMILES string of the molecule is CCCC(N)CCN(CC(C)C)CC(C)C. The minimum absolute atomic E-state index is 0.395. The molecule has 0 heterocycles. The quantitative estimate of drug-likeness (QED) is 0.657. The maximum atomic E-state index is 6.07. The van der Waals surface area contributed by atoms with Crippen LogP contribution in [0.3, 0.4) is 0 Å². The molecule has 0 spiro atoms. The van der Waals surface area contributed by atoms with E-state index in [1.54, 1.807) is 0 Å². The number of hydrogen-bond donors (Lipinski definition) is 1. The molecule has 0 aromatic carbocycles. The fourth-order valence-electron chi connectivity index (χ4n) is 2.15. The molecule has 0 aliphatic carbocycles. The fraction of sp³-hybridized carbons (Fsp3) is 1.00. The Morgan fingerprint density at radius 2 is 1.44 bits per heavy atom. The number of rotatable bonds is 9. The Kier molecular flexibility index (Phi) is 8.96. The van der Waals surface area contributed by atoms with Crippen LogP contribution in [0.4, 0.5) is 0 Å². The summed E-state index contributed by atoms with van der Waals surface area (Å²) in [6.07, 6.45) is 3.51. The van der Waals surface area contributed by atoms with Gasteiger partial charge in [-0.1, -0.05) is 41.0 Å². The summed E-state index contributed by atoms with van der Waals surface area (Å²) in [5.41, 5.74) is 6.07. The maximum Gasteiger partial charge on any atom is 0.00509 e. The summed E-state index contributed by atoms with van der Waals surface area (Å²) in [6, 6.07) is 0.395. The topological polar surface area (TPSA) is 29.3 Å². The predicted molar refractivity (Wildman–Crippen MR) is 73.6 cm³/mol. The van der Waals surface area contributed by atoms with Gasteiger partial charge in [-0.15, -0.1) is 0 Å². The highest BCUT2D eigenvalue weighted by molar-refractivity contribution is 4.67. The van der Waals surface area contributed by atoms with Crippen LogP contribution in [-0.4, -0.2) is 30.6 Å². The normalized spacial score (nSPS) is 14.1. The highest BCUT2D eigenvalue weighted by atomic mass is 15.1. The van der Waals surface area contributed by atoms with Crippen molar-refractivity contribution in [2.45, 2.75) is 59.9 Å². The van der Waals surface area contributed by atoms with Gasteiger partial charge in [0.25, 0.3) is 0 Å². The summed E-state index contributed by atoms with van der Waals surface area (Å²) in [7, 11) is 0. The van der Waals surface area contributed by atoms with E-state index in [-0.39, 0.29) is 0 Å². The van der Waals surface area contributed by atoms with E-state index in [0.29, 0.717) is 6.04 Å². The van der Waals surface area contributed by atoms with Crippen LogP contribution in [0.2, 0.25) is 0 Å².